The van der Waals surface area contributed by atoms with E-state index in [9.17, 15) is 24.3 Å². The van der Waals surface area contributed by atoms with Crippen LogP contribution in [0.25, 0.3) is 0 Å². The van der Waals surface area contributed by atoms with Gasteiger partial charge < -0.3 is 44.0 Å². The first kappa shape index (κ1) is 31.1. The molecule has 0 spiro atoms. The van der Waals surface area contributed by atoms with Gasteiger partial charge in [-0.15, -0.1) is 0 Å². The number of nitrogens with two attached hydrogens (primary N) is 4. The van der Waals surface area contributed by atoms with Gasteiger partial charge in [0.1, 0.15) is 18.1 Å². The third-order valence-electron chi connectivity index (χ3n) is 5.41. The Hall–Kier alpha value is -2.93. The van der Waals surface area contributed by atoms with Crippen LogP contribution in [0.1, 0.15) is 59.3 Å². The first-order chi connectivity index (χ1) is 15.9. The van der Waals surface area contributed by atoms with Crippen molar-refractivity contribution in [3.8, 4) is 0 Å². The molecule has 0 saturated carbocycles. The van der Waals surface area contributed by atoms with E-state index in [-0.39, 0.29) is 11.9 Å². The van der Waals surface area contributed by atoms with Crippen LogP contribution < -0.4 is 38.9 Å². The number of carboxylic acids is 1. The predicted octanol–water partition coefficient (Wildman–Crippen LogP) is -1.90. The molecule has 0 aromatic rings. The summed E-state index contributed by atoms with van der Waals surface area (Å²) in [6, 6.07) is -3.89. The van der Waals surface area contributed by atoms with Gasteiger partial charge in [0.05, 0.1) is 6.04 Å². The highest BCUT2D eigenvalue weighted by Gasteiger charge is 2.30. The van der Waals surface area contributed by atoms with Crippen LogP contribution in [-0.2, 0) is 19.2 Å². The third kappa shape index (κ3) is 12.3. The van der Waals surface area contributed by atoms with Crippen LogP contribution in [0.5, 0.6) is 0 Å². The zero-order valence-electron chi connectivity index (χ0n) is 20.4. The van der Waals surface area contributed by atoms with Crippen molar-refractivity contribution in [1.82, 2.24) is 16.0 Å². The van der Waals surface area contributed by atoms with E-state index in [0.29, 0.717) is 51.6 Å². The number of aliphatic carboxylic acids is 1. The molecule has 5 unspecified atom stereocenters. The number of carbonyl (C=O) groups excluding carboxylic acids is 3. The molecule has 0 aliphatic heterocycles. The van der Waals surface area contributed by atoms with Gasteiger partial charge in [0, 0.05) is 6.54 Å². The number of carboxylic acid groups (broad SMARTS) is 1. The molecule has 0 rings (SSSR count). The largest absolute Gasteiger partial charge is 0.480 e. The van der Waals surface area contributed by atoms with E-state index in [1.165, 1.54) is 6.92 Å². The number of unbranched alkanes of at least 4 members (excludes halogenated alkanes) is 1. The number of rotatable bonds is 17. The summed E-state index contributed by atoms with van der Waals surface area (Å²) < 4.78 is 0. The SMILES string of the molecule is CCC(C)C(NC(=O)C(C)NC(=O)C(CCCCN)NC(=O)C(N)CCCN=C(N)N)C(=O)O. The van der Waals surface area contributed by atoms with Crippen molar-refractivity contribution in [1.29, 1.82) is 0 Å². The molecule has 0 fully saturated rings. The highest BCUT2D eigenvalue weighted by molar-refractivity contribution is 5.93. The van der Waals surface area contributed by atoms with E-state index in [2.05, 4.69) is 20.9 Å². The Balaban J connectivity index is 5.06. The molecule has 0 saturated heterocycles. The second kappa shape index (κ2) is 16.6. The maximum absolute atomic E-state index is 12.8. The average molecular weight is 487 g/mol. The summed E-state index contributed by atoms with van der Waals surface area (Å²) in [5, 5.41) is 17.0. The van der Waals surface area contributed by atoms with E-state index in [1.807, 2.05) is 6.92 Å². The second-order valence-electron chi connectivity index (χ2n) is 8.34. The molecule has 3 amide bonds. The summed E-state index contributed by atoms with van der Waals surface area (Å²) in [5.41, 5.74) is 21.9. The minimum absolute atomic E-state index is 0.0494. The second-order valence-corrected chi connectivity index (χ2v) is 8.34. The van der Waals surface area contributed by atoms with Crippen LogP contribution >= 0.6 is 0 Å². The molecular weight excluding hydrogens is 444 g/mol. The Kier molecular flexibility index (Phi) is 15.2. The Morgan fingerprint density at radius 1 is 0.912 bits per heavy atom. The molecule has 0 aromatic carbocycles. The van der Waals surface area contributed by atoms with Gasteiger partial charge in [-0.25, -0.2) is 4.79 Å². The lowest BCUT2D eigenvalue weighted by Gasteiger charge is -2.25. The van der Waals surface area contributed by atoms with Crippen LogP contribution in [0.15, 0.2) is 4.99 Å². The Morgan fingerprint density at radius 3 is 2.09 bits per heavy atom. The van der Waals surface area contributed by atoms with Crippen molar-refractivity contribution in [3.05, 3.63) is 0 Å². The van der Waals surface area contributed by atoms with Crippen molar-refractivity contribution < 1.29 is 24.3 Å². The number of hydrogen-bond donors (Lipinski definition) is 8. The molecule has 12 N–H and O–H groups in total. The third-order valence-corrected chi connectivity index (χ3v) is 5.41. The average Bonchev–Trinajstić information content (AvgIpc) is 2.78. The van der Waals surface area contributed by atoms with Gasteiger partial charge in [0.15, 0.2) is 5.96 Å². The summed E-state index contributed by atoms with van der Waals surface area (Å²) in [6.45, 7) is 5.73. The van der Waals surface area contributed by atoms with Gasteiger partial charge in [-0.05, 0) is 51.5 Å². The van der Waals surface area contributed by atoms with Crippen LogP contribution in [0.3, 0.4) is 0 Å². The first-order valence-electron chi connectivity index (χ1n) is 11.6. The molecule has 34 heavy (non-hydrogen) atoms. The molecule has 0 aliphatic rings. The van der Waals surface area contributed by atoms with Gasteiger partial charge in [0.25, 0.3) is 0 Å². The monoisotopic (exact) mass is 486 g/mol. The van der Waals surface area contributed by atoms with Crippen molar-refractivity contribution in [2.75, 3.05) is 13.1 Å². The number of hydrogen-bond acceptors (Lipinski definition) is 7. The minimum atomic E-state index is -1.15. The Labute approximate surface area is 200 Å². The van der Waals surface area contributed by atoms with E-state index in [0.717, 1.165) is 0 Å². The summed E-state index contributed by atoms with van der Waals surface area (Å²) in [7, 11) is 0. The Bertz CT molecular complexity index is 699. The summed E-state index contributed by atoms with van der Waals surface area (Å²) >= 11 is 0. The fourth-order valence-electron chi connectivity index (χ4n) is 3.03. The van der Waals surface area contributed by atoms with Crippen LogP contribution in [0.2, 0.25) is 0 Å². The van der Waals surface area contributed by atoms with Gasteiger partial charge in [-0.3, -0.25) is 19.4 Å². The summed E-state index contributed by atoms with van der Waals surface area (Å²) in [4.78, 5) is 53.1. The van der Waals surface area contributed by atoms with Crippen LogP contribution in [0.4, 0.5) is 0 Å². The van der Waals surface area contributed by atoms with Crippen molar-refractivity contribution in [2.24, 2.45) is 33.8 Å². The van der Waals surface area contributed by atoms with Crippen molar-refractivity contribution in [2.45, 2.75) is 83.5 Å². The number of guanidine groups is 1. The summed E-state index contributed by atoms with van der Waals surface area (Å²) in [5.74, 6) is -3.21. The van der Waals surface area contributed by atoms with Gasteiger partial charge in [0.2, 0.25) is 17.7 Å². The lowest BCUT2D eigenvalue weighted by molar-refractivity contribution is -0.143. The molecule has 13 heteroatoms. The number of nitrogens with zero attached hydrogens (tertiary/aromatic N) is 1. The number of nitrogens with one attached hydrogen (secondary N) is 3. The van der Waals surface area contributed by atoms with E-state index >= 15 is 0 Å². The topological polar surface area (TPSA) is 241 Å². The molecule has 13 nitrogen and oxygen atoms in total. The number of carbonyl (C=O) groups is 4. The maximum atomic E-state index is 12.8. The van der Waals surface area contributed by atoms with Gasteiger partial charge >= 0.3 is 5.97 Å². The standard InChI is InChI=1S/C21H42N8O5/c1-4-12(2)16(20(33)34)29-17(30)13(3)27-19(32)15(9-5-6-10-22)28-18(31)14(23)8-7-11-26-21(24)25/h12-16H,4-11,22-23H2,1-3H3,(H,27,32)(H,28,31)(H,29,30)(H,33,34)(H4,24,25,26). The molecule has 0 heterocycles. The summed E-state index contributed by atoms with van der Waals surface area (Å²) in [6.07, 6.45) is 2.87. The van der Waals surface area contributed by atoms with Crippen molar-refractivity contribution in [3.63, 3.8) is 0 Å². The fraction of sp³-hybridized carbons (Fsp3) is 0.762. The smallest absolute Gasteiger partial charge is 0.326 e. The number of amides is 3. The lowest BCUT2D eigenvalue weighted by Crippen LogP contribution is -2.56. The molecule has 196 valence electrons. The maximum Gasteiger partial charge on any atom is 0.326 e. The normalized spacial score (nSPS) is 15.2. The zero-order valence-corrected chi connectivity index (χ0v) is 20.4. The van der Waals surface area contributed by atoms with Gasteiger partial charge in [-0.2, -0.15) is 0 Å². The lowest BCUT2D eigenvalue weighted by atomic mass is 9.99. The molecular formula is C21H42N8O5. The van der Waals surface area contributed by atoms with E-state index in [4.69, 9.17) is 22.9 Å². The zero-order chi connectivity index (χ0) is 26.3. The highest BCUT2D eigenvalue weighted by Crippen LogP contribution is 2.08. The van der Waals surface area contributed by atoms with Crippen LogP contribution in [0, 0.1) is 5.92 Å². The minimum Gasteiger partial charge on any atom is -0.480 e. The molecule has 5 atom stereocenters. The predicted molar refractivity (Wildman–Crippen MR) is 129 cm³/mol. The molecule has 0 aliphatic carbocycles. The highest BCUT2D eigenvalue weighted by atomic mass is 16.4. The van der Waals surface area contributed by atoms with Crippen LogP contribution in [-0.4, -0.2) is 72.0 Å². The molecule has 0 radical (unpaired) electrons. The number of aliphatic imine (C=N–C) groups is 1. The molecule has 0 aromatic heterocycles. The van der Waals surface area contributed by atoms with E-state index < -0.39 is 47.9 Å². The Morgan fingerprint density at radius 2 is 1.56 bits per heavy atom. The fourth-order valence-corrected chi connectivity index (χ4v) is 3.03. The van der Waals surface area contributed by atoms with E-state index in [1.54, 1.807) is 6.92 Å². The quantitative estimate of drug-likeness (QED) is 0.0649. The van der Waals surface area contributed by atoms with Crippen molar-refractivity contribution >= 4 is 29.7 Å². The van der Waals surface area contributed by atoms with Gasteiger partial charge in [-0.1, -0.05) is 20.3 Å². The first-order valence-corrected chi connectivity index (χ1v) is 11.6. The molecule has 0 bridgehead atoms.